The third-order valence-corrected chi connectivity index (χ3v) is 0.394. The van der Waals surface area contributed by atoms with Gasteiger partial charge in [-0.3, -0.25) is 0 Å². The van der Waals surface area contributed by atoms with Gasteiger partial charge in [-0.25, -0.2) is 0 Å². The van der Waals surface area contributed by atoms with Crippen molar-refractivity contribution in [3.05, 3.63) is 12.2 Å². The van der Waals surface area contributed by atoms with Crippen LogP contribution in [0, 0.1) is 11.8 Å². The molecule has 0 amide bonds. The smallest absolute Gasteiger partial charge is 0.00235 e. The molecule has 0 unspecified atom stereocenters. The highest BCUT2D eigenvalue weighted by Gasteiger charge is 1.45. The summed E-state index contributed by atoms with van der Waals surface area (Å²) < 4.78 is 0. The second-order valence-corrected chi connectivity index (χ2v) is 0.894. The summed E-state index contributed by atoms with van der Waals surface area (Å²) in [5, 5.41) is 0. The zero-order valence-electron chi connectivity index (χ0n) is 4.15. The standard InChI is InChI=1S/C6H8/c1-3-5-6-4-2/h3,5H,1-2H3/b5-3-. The Morgan fingerprint density at radius 1 is 1.50 bits per heavy atom. The van der Waals surface area contributed by atoms with E-state index in [4.69, 9.17) is 0 Å². The molecular weight excluding hydrogens is 72.1 g/mol. The monoisotopic (exact) mass is 80.1 g/mol. The van der Waals surface area contributed by atoms with Crippen molar-refractivity contribution in [3.63, 3.8) is 0 Å². The number of hydrogen-bond acceptors (Lipinski definition) is 0. The summed E-state index contributed by atoms with van der Waals surface area (Å²) in [4.78, 5) is 0. The molecule has 0 radical (unpaired) electrons. The van der Waals surface area contributed by atoms with Gasteiger partial charge in [-0.2, -0.15) is 0 Å². The minimum atomic E-state index is 1.82. The summed E-state index contributed by atoms with van der Waals surface area (Å²) in [5.74, 6) is 5.50. The van der Waals surface area contributed by atoms with Gasteiger partial charge in [0.25, 0.3) is 0 Å². The molecule has 0 atom stereocenters. The largest absolute Gasteiger partial charge is 0.102 e. The minimum absolute atomic E-state index is 1.82. The summed E-state index contributed by atoms with van der Waals surface area (Å²) in [6.07, 6.45) is 3.73. The first kappa shape index (κ1) is 5.30. The molecule has 0 heteroatoms. The summed E-state index contributed by atoms with van der Waals surface area (Å²) in [6.45, 7) is 3.77. The zero-order chi connectivity index (χ0) is 4.83. The Balaban J connectivity index is 3.24. The highest BCUT2D eigenvalue weighted by Crippen LogP contribution is 1.61. The predicted molar refractivity (Wildman–Crippen MR) is 28.3 cm³/mol. The summed E-state index contributed by atoms with van der Waals surface area (Å²) in [6, 6.07) is 0. The van der Waals surface area contributed by atoms with Gasteiger partial charge in [-0.1, -0.05) is 12.0 Å². The van der Waals surface area contributed by atoms with Crippen LogP contribution in [-0.2, 0) is 0 Å². The Labute approximate surface area is 38.9 Å². The summed E-state index contributed by atoms with van der Waals surface area (Å²) in [7, 11) is 0. The van der Waals surface area contributed by atoms with Crippen LogP contribution in [0.5, 0.6) is 0 Å². The molecule has 0 aromatic heterocycles. The lowest BCUT2D eigenvalue weighted by Gasteiger charge is -1.56. The van der Waals surface area contributed by atoms with Crippen molar-refractivity contribution in [2.75, 3.05) is 0 Å². The Morgan fingerprint density at radius 2 is 2.17 bits per heavy atom. The fourth-order valence-electron chi connectivity index (χ4n) is 0.167. The maximum absolute atomic E-state index is 2.77. The molecule has 0 spiro atoms. The third-order valence-electron chi connectivity index (χ3n) is 0.394. The topological polar surface area (TPSA) is 0 Å². The van der Waals surface area contributed by atoms with Crippen molar-refractivity contribution < 1.29 is 0 Å². The molecule has 0 rings (SSSR count). The first-order valence-corrected chi connectivity index (χ1v) is 1.95. The molecule has 32 valence electrons. The molecule has 0 fully saturated rings. The van der Waals surface area contributed by atoms with Gasteiger partial charge < -0.3 is 0 Å². The van der Waals surface area contributed by atoms with Gasteiger partial charge >= 0.3 is 0 Å². The van der Waals surface area contributed by atoms with E-state index >= 15 is 0 Å². The molecule has 0 saturated heterocycles. The van der Waals surface area contributed by atoms with Crippen molar-refractivity contribution >= 4 is 0 Å². The third kappa shape index (κ3) is 3.30. The fourth-order valence-corrected chi connectivity index (χ4v) is 0.167. The van der Waals surface area contributed by atoms with E-state index in [1.807, 2.05) is 26.0 Å². The van der Waals surface area contributed by atoms with E-state index in [0.717, 1.165) is 0 Å². The molecule has 0 aliphatic rings. The van der Waals surface area contributed by atoms with Crippen LogP contribution in [-0.4, -0.2) is 0 Å². The molecule has 6 heavy (non-hydrogen) atoms. The van der Waals surface area contributed by atoms with Crippen molar-refractivity contribution in [3.8, 4) is 11.8 Å². The van der Waals surface area contributed by atoms with Crippen LogP contribution in [0.2, 0.25) is 0 Å². The Bertz CT molecular complexity index is 88.3. The van der Waals surface area contributed by atoms with E-state index in [9.17, 15) is 0 Å². The lowest BCUT2D eigenvalue weighted by atomic mass is 10.5. The molecule has 0 heterocycles. The maximum Gasteiger partial charge on any atom is -0.00235 e. The summed E-state index contributed by atoms with van der Waals surface area (Å²) >= 11 is 0. The fraction of sp³-hybridized carbons (Fsp3) is 0.333. The zero-order valence-corrected chi connectivity index (χ0v) is 4.15. The Morgan fingerprint density at radius 3 is 2.33 bits per heavy atom. The van der Waals surface area contributed by atoms with Crippen molar-refractivity contribution in [1.82, 2.24) is 0 Å². The van der Waals surface area contributed by atoms with Crippen LogP contribution in [0.1, 0.15) is 13.8 Å². The normalized spacial score (nSPS) is 7.67. The van der Waals surface area contributed by atoms with Gasteiger partial charge in [-0.15, -0.1) is 5.92 Å². The van der Waals surface area contributed by atoms with Gasteiger partial charge in [0.15, 0.2) is 0 Å². The van der Waals surface area contributed by atoms with E-state index in [2.05, 4.69) is 11.8 Å². The van der Waals surface area contributed by atoms with Crippen LogP contribution in [0.4, 0.5) is 0 Å². The van der Waals surface area contributed by atoms with Gasteiger partial charge in [0.2, 0.25) is 0 Å². The average molecular weight is 80.1 g/mol. The number of rotatable bonds is 0. The van der Waals surface area contributed by atoms with Gasteiger partial charge in [-0.05, 0) is 19.9 Å². The van der Waals surface area contributed by atoms with Crippen LogP contribution in [0.3, 0.4) is 0 Å². The first-order valence-electron chi connectivity index (χ1n) is 1.95. The average Bonchev–Trinajstić information content (AvgIpc) is 1.61. The van der Waals surface area contributed by atoms with Crippen molar-refractivity contribution in [2.45, 2.75) is 13.8 Å². The van der Waals surface area contributed by atoms with Gasteiger partial charge in [0, 0.05) is 0 Å². The highest BCUT2D eigenvalue weighted by atomic mass is 13.5. The summed E-state index contributed by atoms with van der Waals surface area (Å²) in [5.41, 5.74) is 0. The van der Waals surface area contributed by atoms with Crippen LogP contribution in [0.25, 0.3) is 0 Å². The Hall–Kier alpha value is -0.700. The lowest BCUT2D eigenvalue weighted by molar-refractivity contribution is 1.75. The van der Waals surface area contributed by atoms with E-state index < -0.39 is 0 Å². The molecule has 0 aromatic rings. The molecule has 0 saturated carbocycles. The molecule has 0 nitrogen and oxygen atoms in total. The molecule has 0 bridgehead atoms. The van der Waals surface area contributed by atoms with Gasteiger partial charge in [0.05, 0.1) is 0 Å². The van der Waals surface area contributed by atoms with Crippen molar-refractivity contribution in [1.29, 1.82) is 0 Å². The van der Waals surface area contributed by atoms with Crippen LogP contribution >= 0.6 is 0 Å². The van der Waals surface area contributed by atoms with E-state index in [0.29, 0.717) is 0 Å². The maximum atomic E-state index is 2.77. The second-order valence-electron chi connectivity index (χ2n) is 0.894. The molecular formula is C6H8. The van der Waals surface area contributed by atoms with E-state index in [1.54, 1.807) is 0 Å². The highest BCUT2D eigenvalue weighted by molar-refractivity contribution is 5.12. The molecule has 0 N–H and O–H groups in total. The predicted octanol–water partition coefficient (Wildman–Crippen LogP) is 1.59. The molecule has 0 aliphatic heterocycles. The Kier molecular flexibility index (Phi) is 3.80. The number of hydrogen-bond donors (Lipinski definition) is 0. The van der Waals surface area contributed by atoms with Crippen LogP contribution in [0.15, 0.2) is 12.2 Å². The number of allylic oxidation sites excluding steroid dienone is 2. The second kappa shape index (κ2) is 4.30. The molecule has 0 aromatic carbocycles. The molecule has 0 aliphatic carbocycles. The van der Waals surface area contributed by atoms with Gasteiger partial charge in [0.1, 0.15) is 0 Å². The quantitative estimate of drug-likeness (QED) is 0.387. The minimum Gasteiger partial charge on any atom is -0.102 e. The van der Waals surface area contributed by atoms with Crippen LogP contribution < -0.4 is 0 Å². The lowest BCUT2D eigenvalue weighted by Crippen LogP contribution is -1.41. The van der Waals surface area contributed by atoms with Crippen molar-refractivity contribution in [2.24, 2.45) is 0 Å². The van der Waals surface area contributed by atoms with E-state index in [1.165, 1.54) is 0 Å². The van der Waals surface area contributed by atoms with E-state index in [-0.39, 0.29) is 0 Å². The SMILES string of the molecule is CC#C/C=C\C. The first-order chi connectivity index (χ1) is 2.91.